The summed E-state index contributed by atoms with van der Waals surface area (Å²) < 4.78 is 1.40. The van der Waals surface area contributed by atoms with Gasteiger partial charge in [-0.1, -0.05) is 24.3 Å². The van der Waals surface area contributed by atoms with Crippen LogP contribution in [0.3, 0.4) is 0 Å². The third-order valence-electron chi connectivity index (χ3n) is 6.01. The molecule has 4 aromatic rings. The summed E-state index contributed by atoms with van der Waals surface area (Å²) in [5, 5.41) is 14.7. The van der Waals surface area contributed by atoms with Crippen molar-refractivity contribution in [1.29, 1.82) is 0 Å². The number of benzene rings is 3. The van der Waals surface area contributed by atoms with Gasteiger partial charge in [-0.3, -0.25) is 9.59 Å². The number of aryl methyl sites for hydroxylation is 1. The van der Waals surface area contributed by atoms with Crippen molar-refractivity contribution < 1.29 is 9.90 Å². The first-order valence-corrected chi connectivity index (χ1v) is 11.0. The molecule has 0 aliphatic carbocycles. The lowest BCUT2D eigenvalue weighted by Gasteiger charge is -2.22. The predicted molar refractivity (Wildman–Crippen MR) is 138 cm³/mol. The molecule has 0 radical (unpaired) electrons. The third kappa shape index (κ3) is 4.45. The number of nitrogens with two attached hydrogens (primary N) is 1. The number of ketones is 1. The van der Waals surface area contributed by atoms with Gasteiger partial charge in [-0.05, 0) is 54.1 Å². The molecule has 7 heteroatoms. The Labute approximate surface area is 198 Å². The van der Waals surface area contributed by atoms with Gasteiger partial charge in [-0.25, -0.2) is 0 Å². The summed E-state index contributed by atoms with van der Waals surface area (Å²) in [5.41, 5.74) is 9.00. The second-order valence-electron chi connectivity index (χ2n) is 8.54. The van der Waals surface area contributed by atoms with Crippen LogP contribution in [-0.2, 0) is 7.05 Å². The van der Waals surface area contributed by atoms with Crippen molar-refractivity contribution in [3.8, 4) is 5.75 Å². The minimum atomic E-state index is -0.518. The average Bonchev–Trinajstić information content (AvgIpc) is 2.84. The van der Waals surface area contributed by atoms with Crippen molar-refractivity contribution in [2.24, 2.45) is 7.05 Å². The van der Waals surface area contributed by atoms with E-state index in [1.54, 1.807) is 43.4 Å². The summed E-state index contributed by atoms with van der Waals surface area (Å²) in [6.07, 6.45) is -0.0210. The van der Waals surface area contributed by atoms with Crippen LogP contribution in [0.15, 0.2) is 77.6 Å². The summed E-state index contributed by atoms with van der Waals surface area (Å²) in [6.45, 7) is 0. The Balaban J connectivity index is 1.73. The van der Waals surface area contributed by atoms with Gasteiger partial charge in [-0.2, -0.15) is 0 Å². The number of pyridine rings is 1. The summed E-state index contributed by atoms with van der Waals surface area (Å²) in [4.78, 5) is 28.5. The topological polar surface area (TPSA) is 101 Å². The molecule has 0 amide bonds. The fourth-order valence-electron chi connectivity index (χ4n) is 4.06. The predicted octanol–water partition coefficient (Wildman–Crippen LogP) is 4.32. The highest BCUT2D eigenvalue weighted by Gasteiger charge is 2.25. The SMILES string of the molecule is CN(C)c1ccc([C@@H](CC(=O)c2c(O)c3ccccc3n(C)c2=O)Nc2ccc(N)cc2)cc1. The number of para-hydroxylation sites is 1. The summed E-state index contributed by atoms with van der Waals surface area (Å²) in [7, 11) is 5.52. The van der Waals surface area contributed by atoms with E-state index in [1.807, 2.05) is 55.4 Å². The van der Waals surface area contributed by atoms with Gasteiger partial charge in [0.15, 0.2) is 5.78 Å². The molecule has 174 valence electrons. The first-order chi connectivity index (χ1) is 16.3. The number of hydrogen-bond acceptors (Lipinski definition) is 6. The van der Waals surface area contributed by atoms with Crippen LogP contribution in [0, 0.1) is 0 Å². The maximum absolute atomic E-state index is 13.4. The molecule has 7 nitrogen and oxygen atoms in total. The zero-order valence-electron chi connectivity index (χ0n) is 19.4. The van der Waals surface area contributed by atoms with Crippen molar-refractivity contribution in [2.75, 3.05) is 30.0 Å². The quantitative estimate of drug-likeness (QED) is 0.283. The molecule has 0 spiro atoms. The third-order valence-corrected chi connectivity index (χ3v) is 6.01. The molecule has 0 aliphatic heterocycles. The number of fused-ring (bicyclic) bond motifs is 1. The Morgan fingerprint density at radius 1 is 1.03 bits per heavy atom. The van der Waals surface area contributed by atoms with Gasteiger partial charge in [0.25, 0.3) is 5.56 Å². The first kappa shape index (κ1) is 22.9. The van der Waals surface area contributed by atoms with Crippen LogP contribution in [0.2, 0.25) is 0 Å². The van der Waals surface area contributed by atoms with Crippen LogP contribution in [-0.4, -0.2) is 29.6 Å². The van der Waals surface area contributed by atoms with E-state index in [2.05, 4.69) is 5.32 Å². The molecule has 0 bridgehead atoms. The minimum Gasteiger partial charge on any atom is -0.506 e. The maximum atomic E-state index is 13.4. The van der Waals surface area contributed by atoms with E-state index in [0.29, 0.717) is 16.6 Å². The molecule has 0 saturated carbocycles. The van der Waals surface area contributed by atoms with Crippen molar-refractivity contribution in [2.45, 2.75) is 12.5 Å². The standard InChI is InChI=1S/C27H28N4O3/c1-30(2)20-14-8-17(9-15-20)22(29-19-12-10-18(28)11-13-19)16-24(32)25-26(33)21-6-4-5-7-23(21)31(3)27(25)34/h4-15,22,29,33H,16,28H2,1-3H3/t22-/m1/s1. The first-order valence-electron chi connectivity index (χ1n) is 11.0. The van der Waals surface area contributed by atoms with Crippen LogP contribution in [0.4, 0.5) is 17.1 Å². The zero-order chi connectivity index (χ0) is 24.4. The lowest BCUT2D eigenvalue weighted by Crippen LogP contribution is -2.26. The fourth-order valence-corrected chi connectivity index (χ4v) is 4.06. The number of nitrogens with zero attached hydrogens (tertiary/aromatic N) is 2. The van der Waals surface area contributed by atoms with Gasteiger partial charge in [0.1, 0.15) is 11.3 Å². The Morgan fingerprint density at radius 3 is 2.32 bits per heavy atom. The molecule has 4 N–H and O–H groups in total. The lowest BCUT2D eigenvalue weighted by atomic mass is 9.96. The highest BCUT2D eigenvalue weighted by molar-refractivity contribution is 6.03. The number of carbonyl (C=O) groups excluding carboxylic acids is 1. The number of nitrogen functional groups attached to an aromatic ring is 1. The van der Waals surface area contributed by atoms with E-state index in [1.165, 1.54) is 4.57 Å². The highest BCUT2D eigenvalue weighted by Crippen LogP contribution is 2.30. The normalized spacial score (nSPS) is 11.9. The zero-order valence-corrected chi connectivity index (χ0v) is 19.4. The molecule has 1 atom stereocenters. The van der Waals surface area contributed by atoms with Gasteiger partial charge < -0.3 is 25.6 Å². The Bertz CT molecular complexity index is 1390. The molecular formula is C27H28N4O3. The number of anilines is 3. The largest absolute Gasteiger partial charge is 0.506 e. The number of aromatic hydroxyl groups is 1. The van der Waals surface area contributed by atoms with Gasteiger partial charge in [0.05, 0.1) is 11.6 Å². The van der Waals surface area contributed by atoms with Crippen molar-refractivity contribution in [3.63, 3.8) is 0 Å². The van der Waals surface area contributed by atoms with Gasteiger partial charge in [-0.15, -0.1) is 0 Å². The number of carbonyl (C=O) groups is 1. The summed E-state index contributed by atoms with van der Waals surface area (Å²) >= 11 is 0. The molecule has 0 fully saturated rings. The number of aromatic nitrogens is 1. The number of rotatable bonds is 7. The van der Waals surface area contributed by atoms with E-state index in [-0.39, 0.29) is 17.7 Å². The van der Waals surface area contributed by atoms with Gasteiger partial charge >= 0.3 is 0 Å². The smallest absolute Gasteiger partial charge is 0.265 e. The van der Waals surface area contributed by atoms with Gasteiger partial charge in [0, 0.05) is 50.0 Å². The maximum Gasteiger partial charge on any atom is 0.265 e. The van der Waals surface area contributed by atoms with E-state index >= 15 is 0 Å². The highest BCUT2D eigenvalue weighted by atomic mass is 16.3. The molecule has 4 rings (SSSR count). The second kappa shape index (κ2) is 9.31. The Morgan fingerprint density at radius 2 is 1.68 bits per heavy atom. The number of Topliss-reactive ketones (excluding diaryl/α,β-unsaturated/α-hetero) is 1. The van der Waals surface area contributed by atoms with E-state index < -0.39 is 17.4 Å². The van der Waals surface area contributed by atoms with Crippen molar-refractivity contribution in [3.05, 3.63) is 94.3 Å². The molecule has 0 saturated heterocycles. The van der Waals surface area contributed by atoms with E-state index in [4.69, 9.17) is 5.73 Å². The van der Waals surface area contributed by atoms with Crippen LogP contribution >= 0.6 is 0 Å². The monoisotopic (exact) mass is 456 g/mol. The lowest BCUT2D eigenvalue weighted by molar-refractivity contribution is 0.0972. The molecule has 0 aliphatic rings. The van der Waals surface area contributed by atoms with Gasteiger partial charge in [0.2, 0.25) is 0 Å². The molecular weight excluding hydrogens is 428 g/mol. The Hall–Kier alpha value is -4.26. The molecule has 1 heterocycles. The molecule has 0 unspecified atom stereocenters. The van der Waals surface area contributed by atoms with Crippen LogP contribution in [0.1, 0.15) is 28.4 Å². The fraction of sp³-hybridized carbons (Fsp3) is 0.185. The van der Waals surface area contributed by atoms with Crippen LogP contribution < -0.4 is 21.5 Å². The molecule has 3 aromatic carbocycles. The average molecular weight is 457 g/mol. The summed E-state index contributed by atoms with van der Waals surface area (Å²) in [5.74, 6) is -0.716. The molecule has 34 heavy (non-hydrogen) atoms. The van der Waals surface area contributed by atoms with Crippen molar-refractivity contribution in [1.82, 2.24) is 4.57 Å². The van der Waals surface area contributed by atoms with Crippen molar-refractivity contribution >= 4 is 33.7 Å². The minimum absolute atomic E-state index is 0.0210. The molecule has 1 aromatic heterocycles. The Kier molecular flexibility index (Phi) is 6.27. The van der Waals surface area contributed by atoms with E-state index in [9.17, 15) is 14.7 Å². The number of nitrogens with one attached hydrogen (secondary N) is 1. The van der Waals surface area contributed by atoms with Crippen LogP contribution in [0.5, 0.6) is 5.75 Å². The number of hydrogen-bond donors (Lipinski definition) is 3. The van der Waals surface area contributed by atoms with E-state index in [0.717, 1.165) is 16.9 Å². The van der Waals surface area contributed by atoms with Crippen LogP contribution in [0.25, 0.3) is 10.9 Å². The summed E-state index contributed by atoms with van der Waals surface area (Å²) in [6, 6.07) is 21.7. The second-order valence-corrected chi connectivity index (χ2v) is 8.54.